The van der Waals surface area contributed by atoms with Gasteiger partial charge in [0, 0.05) is 6.07 Å². The van der Waals surface area contributed by atoms with Gasteiger partial charge >= 0.3 is 0 Å². The van der Waals surface area contributed by atoms with E-state index >= 15 is 0 Å². The fraction of sp³-hybridized carbons (Fsp3) is 0.182. The summed E-state index contributed by atoms with van der Waals surface area (Å²) in [6.45, 7) is -0.385. The summed E-state index contributed by atoms with van der Waals surface area (Å²) >= 11 is 0. The Balaban J connectivity index is 2.93. The molecule has 0 saturated heterocycles. The van der Waals surface area contributed by atoms with E-state index in [9.17, 15) is 9.90 Å². The standard InChI is InChI=1S/C11H10O5/c1-15-9-3-2-7(13)10-8(14)4-6(5-12)16-11(9)10/h2-4,12-13H,5H2,1H3. The van der Waals surface area contributed by atoms with Crippen molar-refractivity contribution in [2.24, 2.45) is 0 Å². The first-order valence-corrected chi connectivity index (χ1v) is 4.61. The second-order valence-electron chi connectivity index (χ2n) is 3.23. The van der Waals surface area contributed by atoms with E-state index in [0.717, 1.165) is 6.07 Å². The number of aromatic hydroxyl groups is 1. The molecule has 1 aromatic carbocycles. The van der Waals surface area contributed by atoms with Crippen molar-refractivity contribution in [2.75, 3.05) is 7.11 Å². The van der Waals surface area contributed by atoms with Gasteiger partial charge in [-0.25, -0.2) is 0 Å². The summed E-state index contributed by atoms with van der Waals surface area (Å²) in [5, 5.41) is 18.5. The molecule has 0 amide bonds. The van der Waals surface area contributed by atoms with Gasteiger partial charge < -0.3 is 19.4 Å². The van der Waals surface area contributed by atoms with E-state index in [4.69, 9.17) is 14.3 Å². The molecular weight excluding hydrogens is 212 g/mol. The molecule has 0 aliphatic rings. The van der Waals surface area contributed by atoms with Crippen molar-refractivity contribution in [3.05, 3.63) is 34.2 Å². The van der Waals surface area contributed by atoms with Gasteiger partial charge in [-0.1, -0.05) is 0 Å². The Labute approximate surface area is 90.5 Å². The quantitative estimate of drug-likeness (QED) is 0.792. The highest BCUT2D eigenvalue weighted by atomic mass is 16.5. The number of phenols is 1. The van der Waals surface area contributed by atoms with Crippen molar-refractivity contribution in [2.45, 2.75) is 6.61 Å². The Hall–Kier alpha value is -2.01. The molecule has 1 aromatic heterocycles. The van der Waals surface area contributed by atoms with Gasteiger partial charge in [0.25, 0.3) is 0 Å². The summed E-state index contributed by atoms with van der Waals surface area (Å²) in [6, 6.07) is 3.99. The smallest absolute Gasteiger partial charge is 0.196 e. The van der Waals surface area contributed by atoms with Crippen LogP contribution in [0.5, 0.6) is 11.5 Å². The summed E-state index contributed by atoms with van der Waals surface area (Å²) in [5.74, 6) is 0.288. The van der Waals surface area contributed by atoms with Crippen LogP contribution < -0.4 is 10.2 Å². The molecule has 2 N–H and O–H groups in total. The lowest BCUT2D eigenvalue weighted by Crippen LogP contribution is -2.03. The summed E-state index contributed by atoms with van der Waals surface area (Å²) in [5.41, 5.74) is -0.277. The Morgan fingerprint density at radius 2 is 2.19 bits per heavy atom. The zero-order valence-electron chi connectivity index (χ0n) is 8.56. The predicted molar refractivity (Wildman–Crippen MR) is 56.6 cm³/mol. The fourth-order valence-corrected chi connectivity index (χ4v) is 1.51. The van der Waals surface area contributed by atoms with Gasteiger partial charge in [-0.2, -0.15) is 0 Å². The van der Waals surface area contributed by atoms with Crippen LogP contribution >= 0.6 is 0 Å². The lowest BCUT2D eigenvalue weighted by Gasteiger charge is -2.06. The molecule has 0 unspecified atom stereocenters. The number of aliphatic hydroxyl groups excluding tert-OH is 1. The molecule has 5 nitrogen and oxygen atoms in total. The maximum atomic E-state index is 11.7. The highest BCUT2D eigenvalue weighted by Gasteiger charge is 2.13. The molecule has 0 fully saturated rings. The van der Waals surface area contributed by atoms with Crippen molar-refractivity contribution in [1.82, 2.24) is 0 Å². The Kier molecular flexibility index (Phi) is 2.54. The maximum absolute atomic E-state index is 11.7. The van der Waals surface area contributed by atoms with Crippen LogP contribution in [0.2, 0.25) is 0 Å². The van der Waals surface area contributed by atoms with Gasteiger partial charge in [-0.3, -0.25) is 4.79 Å². The average Bonchev–Trinajstić information content (AvgIpc) is 2.28. The summed E-state index contributed by atoms with van der Waals surface area (Å²) in [6.07, 6.45) is 0. The lowest BCUT2D eigenvalue weighted by molar-refractivity contribution is 0.247. The number of fused-ring (bicyclic) bond motifs is 1. The van der Waals surface area contributed by atoms with Gasteiger partial charge in [-0.15, -0.1) is 0 Å². The van der Waals surface area contributed by atoms with Crippen molar-refractivity contribution < 1.29 is 19.4 Å². The summed E-state index contributed by atoms with van der Waals surface area (Å²) in [4.78, 5) is 11.7. The monoisotopic (exact) mass is 222 g/mol. The molecule has 16 heavy (non-hydrogen) atoms. The second-order valence-corrected chi connectivity index (χ2v) is 3.23. The Morgan fingerprint density at radius 3 is 2.81 bits per heavy atom. The normalized spacial score (nSPS) is 10.6. The van der Waals surface area contributed by atoms with Crippen molar-refractivity contribution in [1.29, 1.82) is 0 Å². The van der Waals surface area contributed by atoms with Crippen molar-refractivity contribution >= 4 is 11.0 Å². The Bertz CT molecular complexity index is 585. The number of ether oxygens (including phenoxy) is 1. The van der Waals surface area contributed by atoms with E-state index in [1.165, 1.54) is 19.2 Å². The minimum Gasteiger partial charge on any atom is -0.507 e. The average molecular weight is 222 g/mol. The zero-order valence-corrected chi connectivity index (χ0v) is 8.56. The molecule has 0 aliphatic heterocycles. The molecule has 0 atom stereocenters. The van der Waals surface area contributed by atoms with Gasteiger partial charge in [0.2, 0.25) is 0 Å². The summed E-state index contributed by atoms with van der Waals surface area (Å²) < 4.78 is 10.3. The molecule has 0 radical (unpaired) electrons. The van der Waals surface area contributed by atoms with Crippen LogP contribution in [-0.4, -0.2) is 17.3 Å². The predicted octanol–water partition coefficient (Wildman–Crippen LogP) is 0.999. The van der Waals surface area contributed by atoms with Gasteiger partial charge in [0.05, 0.1) is 7.11 Å². The highest BCUT2D eigenvalue weighted by Crippen LogP contribution is 2.30. The largest absolute Gasteiger partial charge is 0.507 e. The van der Waals surface area contributed by atoms with Crippen molar-refractivity contribution in [3.63, 3.8) is 0 Å². The third-order valence-electron chi connectivity index (χ3n) is 2.25. The van der Waals surface area contributed by atoms with Gasteiger partial charge in [0.1, 0.15) is 23.5 Å². The van der Waals surface area contributed by atoms with Crippen LogP contribution in [0, 0.1) is 0 Å². The number of hydrogen-bond donors (Lipinski definition) is 2. The fourth-order valence-electron chi connectivity index (χ4n) is 1.51. The van der Waals surface area contributed by atoms with Crippen molar-refractivity contribution in [3.8, 4) is 11.5 Å². The van der Waals surface area contributed by atoms with E-state index in [-0.39, 0.29) is 29.1 Å². The molecule has 1 heterocycles. The zero-order chi connectivity index (χ0) is 11.7. The number of rotatable bonds is 2. The van der Waals surface area contributed by atoms with E-state index in [1.54, 1.807) is 0 Å². The van der Waals surface area contributed by atoms with Gasteiger partial charge in [0.15, 0.2) is 16.8 Å². The number of aliphatic hydroxyl groups is 1. The third kappa shape index (κ3) is 1.51. The maximum Gasteiger partial charge on any atom is 0.196 e. The molecule has 0 saturated carbocycles. The molecular formula is C11H10O5. The molecule has 0 spiro atoms. The minimum atomic E-state index is -0.415. The first-order chi connectivity index (χ1) is 7.67. The molecule has 2 aromatic rings. The first-order valence-electron chi connectivity index (χ1n) is 4.61. The second kappa shape index (κ2) is 3.86. The summed E-state index contributed by atoms with van der Waals surface area (Å²) in [7, 11) is 1.43. The number of methoxy groups -OCH3 is 1. The van der Waals surface area contributed by atoms with Gasteiger partial charge in [-0.05, 0) is 12.1 Å². The Morgan fingerprint density at radius 1 is 1.44 bits per heavy atom. The lowest BCUT2D eigenvalue weighted by atomic mass is 10.2. The van der Waals surface area contributed by atoms with E-state index < -0.39 is 5.43 Å². The molecule has 84 valence electrons. The highest BCUT2D eigenvalue weighted by molar-refractivity contribution is 5.87. The van der Waals surface area contributed by atoms with Crippen LogP contribution in [0.4, 0.5) is 0 Å². The molecule has 0 bridgehead atoms. The number of hydrogen-bond acceptors (Lipinski definition) is 5. The topological polar surface area (TPSA) is 79.9 Å². The van der Waals surface area contributed by atoms with E-state index in [2.05, 4.69) is 0 Å². The minimum absolute atomic E-state index is 0.0524. The third-order valence-corrected chi connectivity index (χ3v) is 2.25. The van der Waals surface area contributed by atoms with Crippen LogP contribution in [0.3, 0.4) is 0 Å². The number of benzene rings is 1. The number of phenolic OH excluding ortho intramolecular Hbond substituents is 1. The van der Waals surface area contributed by atoms with Crippen LogP contribution in [0.1, 0.15) is 5.76 Å². The molecule has 2 rings (SSSR count). The SMILES string of the molecule is COc1ccc(O)c2c(=O)cc(CO)oc12. The molecule has 5 heteroatoms. The van der Waals surface area contributed by atoms with E-state index in [0.29, 0.717) is 5.75 Å². The van der Waals surface area contributed by atoms with Crippen LogP contribution in [0.25, 0.3) is 11.0 Å². The molecule has 0 aliphatic carbocycles. The van der Waals surface area contributed by atoms with Crippen LogP contribution in [-0.2, 0) is 6.61 Å². The van der Waals surface area contributed by atoms with Crippen LogP contribution in [0.15, 0.2) is 27.4 Å². The van der Waals surface area contributed by atoms with E-state index in [1.807, 2.05) is 0 Å². The first kappa shape index (κ1) is 10.5.